The van der Waals surface area contributed by atoms with E-state index in [0.717, 1.165) is 15.4 Å². The van der Waals surface area contributed by atoms with Crippen LogP contribution in [0.4, 0.5) is 5.69 Å². The Bertz CT molecular complexity index is 1380. The maximum atomic E-state index is 14.0. The van der Waals surface area contributed by atoms with Crippen LogP contribution in [-0.4, -0.2) is 50.9 Å². The molecule has 0 aliphatic heterocycles. The molecular formula is C31H39N3O5S. The van der Waals surface area contributed by atoms with Crippen LogP contribution >= 0.6 is 0 Å². The number of hydrogen-bond acceptors (Lipinski definition) is 5. The van der Waals surface area contributed by atoms with Crippen molar-refractivity contribution in [3.8, 4) is 5.75 Å². The van der Waals surface area contributed by atoms with Crippen LogP contribution in [0.1, 0.15) is 38.8 Å². The van der Waals surface area contributed by atoms with Crippen LogP contribution in [0.3, 0.4) is 0 Å². The van der Waals surface area contributed by atoms with Gasteiger partial charge in [-0.05, 0) is 74.2 Å². The van der Waals surface area contributed by atoms with E-state index in [2.05, 4.69) is 5.32 Å². The van der Waals surface area contributed by atoms with Crippen molar-refractivity contribution in [2.75, 3.05) is 24.0 Å². The molecule has 3 rings (SSSR count). The summed E-state index contributed by atoms with van der Waals surface area (Å²) in [7, 11) is -4.13. The molecule has 1 atom stereocenters. The summed E-state index contributed by atoms with van der Waals surface area (Å²) >= 11 is 0. The molecule has 0 radical (unpaired) electrons. The number of amides is 2. The van der Waals surface area contributed by atoms with Crippen LogP contribution in [0.5, 0.6) is 5.75 Å². The molecule has 0 aliphatic carbocycles. The zero-order chi connectivity index (χ0) is 29.3. The minimum absolute atomic E-state index is 0.0285. The zero-order valence-electron chi connectivity index (χ0n) is 23.8. The largest absolute Gasteiger partial charge is 0.494 e. The molecule has 0 heterocycles. The summed E-state index contributed by atoms with van der Waals surface area (Å²) in [5, 5.41) is 2.90. The van der Waals surface area contributed by atoms with Crippen molar-refractivity contribution in [3.05, 3.63) is 90.0 Å². The first-order valence-corrected chi connectivity index (χ1v) is 14.9. The van der Waals surface area contributed by atoms with Crippen LogP contribution in [0, 0.1) is 12.8 Å². The lowest BCUT2D eigenvalue weighted by molar-refractivity contribution is -0.139. The third-order valence-corrected chi connectivity index (χ3v) is 8.29. The predicted octanol–water partition coefficient (Wildman–Crippen LogP) is 4.78. The average Bonchev–Trinajstić information content (AvgIpc) is 2.94. The lowest BCUT2D eigenvalue weighted by Gasteiger charge is -2.32. The van der Waals surface area contributed by atoms with Crippen molar-refractivity contribution in [2.24, 2.45) is 5.92 Å². The molecule has 214 valence electrons. The quantitative estimate of drug-likeness (QED) is 0.322. The van der Waals surface area contributed by atoms with Crippen LogP contribution in [0.25, 0.3) is 0 Å². The third kappa shape index (κ3) is 7.85. The molecule has 0 aliphatic rings. The summed E-state index contributed by atoms with van der Waals surface area (Å²) in [5.41, 5.74) is 2.19. The molecule has 40 heavy (non-hydrogen) atoms. The van der Waals surface area contributed by atoms with Crippen molar-refractivity contribution in [2.45, 2.75) is 52.1 Å². The van der Waals surface area contributed by atoms with Crippen molar-refractivity contribution >= 4 is 27.5 Å². The standard InChI is InChI=1S/C31H39N3O5S/c1-6-39-28-16-18-29(19-17-28)40(37,38)34(27-14-8-7-9-15-27)22-30(35)33(21-26-13-11-10-12-24(26)4)25(5)31(36)32-20-23(2)3/h7-19,23,25H,6,20-22H2,1-5H3,(H,32,36)/t25-/m1/s1. The van der Waals surface area contributed by atoms with Gasteiger partial charge in [-0.3, -0.25) is 13.9 Å². The Kier molecular flexibility index (Phi) is 10.7. The van der Waals surface area contributed by atoms with Gasteiger partial charge in [-0.2, -0.15) is 0 Å². The maximum Gasteiger partial charge on any atom is 0.264 e. The molecule has 3 aromatic rings. The highest BCUT2D eigenvalue weighted by Crippen LogP contribution is 2.26. The number of hydrogen-bond donors (Lipinski definition) is 1. The molecular weight excluding hydrogens is 526 g/mol. The highest BCUT2D eigenvalue weighted by molar-refractivity contribution is 7.92. The summed E-state index contributed by atoms with van der Waals surface area (Å²) in [6.07, 6.45) is 0. The summed E-state index contributed by atoms with van der Waals surface area (Å²) in [6, 6.07) is 21.4. The monoisotopic (exact) mass is 565 g/mol. The Labute approximate surface area is 238 Å². The zero-order valence-corrected chi connectivity index (χ0v) is 24.6. The van der Waals surface area contributed by atoms with E-state index in [4.69, 9.17) is 4.74 Å². The number of benzene rings is 3. The molecule has 0 fully saturated rings. The van der Waals surface area contributed by atoms with Crippen LogP contribution in [0.15, 0.2) is 83.8 Å². The Hall–Kier alpha value is -3.85. The Morgan fingerprint density at radius 2 is 1.52 bits per heavy atom. The molecule has 9 heteroatoms. The van der Waals surface area contributed by atoms with Crippen molar-refractivity contribution in [1.82, 2.24) is 10.2 Å². The highest BCUT2D eigenvalue weighted by Gasteiger charge is 2.32. The molecule has 0 spiro atoms. The average molecular weight is 566 g/mol. The van der Waals surface area contributed by atoms with Gasteiger partial charge < -0.3 is 15.0 Å². The van der Waals surface area contributed by atoms with E-state index in [1.807, 2.05) is 52.0 Å². The number of nitrogens with zero attached hydrogens (tertiary/aromatic N) is 2. The van der Waals surface area contributed by atoms with Gasteiger partial charge in [0.25, 0.3) is 10.0 Å². The molecule has 2 amide bonds. The van der Waals surface area contributed by atoms with Crippen LogP contribution in [-0.2, 0) is 26.2 Å². The van der Waals surface area contributed by atoms with E-state index >= 15 is 0 Å². The normalized spacial score (nSPS) is 12.1. The van der Waals surface area contributed by atoms with Gasteiger partial charge in [-0.1, -0.05) is 56.3 Å². The number of ether oxygens (including phenoxy) is 1. The predicted molar refractivity (Wildman–Crippen MR) is 158 cm³/mol. The number of sulfonamides is 1. The first-order chi connectivity index (χ1) is 19.0. The van der Waals surface area contributed by atoms with Gasteiger partial charge in [-0.15, -0.1) is 0 Å². The summed E-state index contributed by atoms with van der Waals surface area (Å²) < 4.78 is 34.3. The highest BCUT2D eigenvalue weighted by atomic mass is 32.2. The lowest BCUT2D eigenvalue weighted by Crippen LogP contribution is -2.51. The number of rotatable bonds is 13. The fraction of sp³-hybridized carbons (Fsp3) is 0.355. The fourth-order valence-corrected chi connectivity index (χ4v) is 5.54. The molecule has 0 saturated heterocycles. The number of nitrogens with one attached hydrogen (secondary N) is 1. The first-order valence-electron chi connectivity index (χ1n) is 13.5. The number of carbonyl (C=O) groups is 2. The van der Waals surface area contributed by atoms with Gasteiger partial charge in [0, 0.05) is 13.1 Å². The maximum absolute atomic E-state index is 14.0. The van der Waals surface area contributed by atoms with Gasteiger partial charge >= 0.3 is 0 Å². The molecule has 0 saturated carbocycles. The molecule has 3 aromatic carbocycles. The summed E-state index contributed by atoms with van der Waals surface area (Å²) in [5.74, 6) is 0.00371. The number of aryl methyl sites for hydroxylation is 1. The van der Waals surface area contributed by atoms with Crippen LogP contribution < -0.4 is 14.4 Å². The van der Waals surface area contributed by atoms with E-state index in [1.165, 1.54) is 17.0 Å². The molecule has 8 nitrogen and oxygen atoms in total. The molecule has 0 bridgehead atoms. The van der Waals surface area contributed by atoms with E-state index in [-0.39, 0.29) is 23.3 Å². The van der Waals surface area contributed by atoms with E-state index in [1.54, 1.807) is 49.4 Å². The van der Waals surface area contributed by atoms with Gasteiger partial charge in [0.2, 0.25) is 11.8 Å². The Morgan fingerprint density at radius 1 is 0.900 bits per heavy atom. The van der Waals surface area contributed by atoms with Gasteiger partial charge in [-0.25, -0.2) is 8.42 Å². The minimum atomic E-state index is -4.13. The van der Waals surface area contributed by atoms with Crippen LogP contribution in [0.2, 0.25) is 0 Å². The second kappa shape index (κ2) is 14.0. The van der Waals surface area contributed by atoms with Gasteiger partial charge in [0.15, 0.2) is 0 Å². The third-order valence-electron chi connectivity index (χ3n) is 6.50. The Morgan fingerprint density at radius 3 is 2.12 bits per heavy atom. The number of anilines is 1. The fourth-order valence-electron chi connectivity index (χ4n) is 4.13. The molecule has 0 unspecified atom stereocenters. The van der Waals surface area contributed by atoms with Gasteiger partial charge in [0.1, 0.15) is 18.3 Å². The SMILES string of the molecule is CCOc1ccc(S(=O)(=O)N(CC(=O)N(Cc2ccccc2C)[C@H](C)C(=O)NCC(C)C)c2ccccc2)cc1. The number of para-hydroxylation sites is 1. The number of carbonyl (C=O) groups excluding carboxylic acids is 2. The first kappa shape index (κ1) is 30.7. The second-order valence-corrected chi connectivity index (χ2v) is 11.9. The topological polar surface area (TPSA) is 96.0 Å². The van der Waals surface area contributed by atoms with Crippen molar-refractivity contribution < 1.29 is 22.7 Å². The van der Waals surface area contributed by atoms with Gasteiger partial charge in [0.05, 0.1) is 17.2 Å². The second-order valence-electron chi connectivity index (χ2n) is 10.0. The summed E-state index contributed by atoms with van der Waals surface area (Å²) in [6.45, 7) is 10.0. The van der Waals surface area contributed by atoms with E-state index in [9.17, 15) is 18.0 Å². The van der Waals surface area contributed by atoms with E-state index in [0.29, 0.717) is 24.6 Å². The summed E-state index contributed by atoms with van der Waals surface area (Å²) in [4.78, 5) is 28.5. The van der Waals surface area contributed by atoms with Crippen molar-refractivity contribution in [3.63, 3.8) is 0 Å². The molecule has 0 aromatic heterocycles. The lowest BCUT2D eigenvalue weighted by atomic mass is 10.1. The molecule has 1 N–H and O–H groups in total. The van der Waals surface area contributed by atoms with E-state index < -0.39 is 28.5 Å². The Balaban J connectivity index is 1.99. The minimum Gasteiger partial charge on any atom is -0.494 e. The van der Waals surface area contributed by atoms with Crippen molar-refractivity contribution in [1.29, 1.82) is 0 Å². The smallest absolute Gasteiger partial charge is 0.264 e.